The van der Waals surface area contributed by atoms with Gasteiger partial charge in [0.25, 0.3) is 0 Å². The average Bonchev–Trinajstić information content (AvgIpc) is 2.31. The number of nitrogens with zero attached hydrogens (tertiary/aromatic N) is 1. The number of carbonyl (C=O) groups is 1. The first-order valence-corrected chi connectivity index (χ1v) is 5.75. The van der Waals surface area contributed by atoms with Gasteiger partial charge in [0, 0.05) is 31.6 Å². The zero-order chi connectivity index (χ0) is 12.5. The van der Waals surface area contributed by atoms with Crippen molar-refractivity contribution in [3.63, 3.8) is 0 Å². The predicted octanol–water partition coefficient (Wildman–Crippen LogP) is 2.39. The Morgan fingerprint density at radius 1 is 1.29 bits per heavy atom. The summed E-state index contributed by atoms with van der Waals surface area (Å²) in [5.41, 5.74) is 0.167. The van der Waals surface area contributed by atoms with Crippen molar-refractivity contribution in [1.29, 1.82) is 0 Å². The number of hydrogen-bond acceptors (Lipinski definition) is 2. The fraction of sp³-hybridized carbons (Fsp3) is 0.462. The van der Waals surface area contributed by atoms with Gasteiger partial charge in [-0.3, -0.25) is 0 Å². The second-order valence-electron chi connectivity index (χ2n) is 4.59. The van der Waals surface area contributed by atoms with Gasteiger partial charge in [-0.15, -0.1) is 0 Å². The van der Waals surface area contributed by atoms with Crippen molar-refractivity contribution in [1.82, 2.24) is 0 Å². The van der Waals surface area contributed by atoms with E-state index in [9.17, 15) is 9.18 Å². The Morgan fingerprint density at radius 2 is 1.82 bits per heavy atom. The summed E-state index contributed by atoms with van der Waals surface area (Å²) >= 11 is 0. The minimum absolute atomic E-state index is 0.0518. The molecule has 1 saturated heterocycles. The number of hydrogen-bond donors (Lipinski definition) is 1. The number of rotatable bonds is 2. The fourth-order valence-electron chi connectivity index (χ4n) is 2.09. The van der Waals surface area contributed by atoms with Crippen LogP contribution in [0.4, 0.5) is 10.1 Å². The molecule has 4 heteroatoms. The maximum absolute atomic E-state index is 13.8. The van der Waals surface area contributed by atoms with Crippen LogP contribution in [0.5, 0.6) is 0 Å². The molecule has 1 aromatic carbocycles. The van der Waals surface area contributed by atoms with Crippen LogP contribution in [0.3, 0.4) is 0 Å². The standard InChI is InChI=1S/C13H16FNO2/c1-10-2-4-11(5-3-10)15-8-6-13(14,7-9-15)12(16)17/h2-5H,6-9H2,1H3,(H,16,17). The highest BCUT2D eigenvalue weighted by Gasteiger charge is 2.41. The van der Waals surface area contributed by atoms with E-state index in [1.807, 2.05) is 36.1 Å². The van der Waals surface area contributed by atoms with Crippen LogP contribution in [0, 0.1) is 6.92 Å². The van der Waals surface area contributed by atoms with Crippen LogP contribution in [-0.4, -0.2) is 29.8 Å². The van der Waals surface area contributed by atoms with Crippen molar-refractivity contribution in [3.05, 3.63) is 29.8 Å². The average molecular weight is 237 g/mol. The van der Waals surface area contributed by atoms with E-state index in [0.717, 1.165) is 5.69 Å². The molecule has 3 nitrogen and oxygen atoms in total. The van der Waals surface area contributed by atoms with Crippen LogP contribution in [-0.2, 0) is 4.79 Å². The molecule has 1 N–H and O–H groups in total. The van der Waals surface area contributed by atoms with Gasteiger partial charge >= 0.3 is 5.97 Å². The van der Waals surface area contributed by atoms with E-state index < -0.39 is 11.6 Å². The van der Waals surface area contributed by atoms with Gasteiger partial charge in [-0.05, 0) is 19.1 Å². The van der Waals surface area contributed by atoms with Crippen molar-refractivity contribution in [2.75, 3.05) is 18.0 Å². The van der Waals surface area contributed by atoms with Gasteiger partial charge in [-0.25, -0.2) is 9.18 Å². The molecular weight excluding hydrogens is 221 g/mol. The van der Waals surface area contributed by atoms with Gasteiger partial charge < -0.3 is 10.0 Å². The summed E-state index contributed by atoms with van der Waals surface area (Å²) in [5.74, 6) is -1.33. The third-order valence-corrected chi connectivity index (χ3v) is 3.34. The summed E-state index contributed by atoms with van der Waals surface area (Å²) in [6, 6.07) is 7.98. The number of aryl methyl sites for hydroxylation is 1. The molecule has 2 rings (SSSR count). The Kier molecular flexibility index (Phi) is 3.05. The highest BCUT2D eigenvalue weighted by atomic mass is 19.1. The molecule has 92 valence electrons. The highest BCUT2D eigenvalue weighted by molar-refractivity contribution is 5.77. The molecule has 1 aromatic rings. The lowest BCUT2D eigenvalue weighted by atomic mass is 9.93. The minimum atomic E-state index is -2.04. The number of halogens is 1. The molecule has 17 heavy (non-hydrogen) atoms. The third-order valence-electron chi connectivity index (χ3n) is 3.34. The SMILES string of the molecule is Cc1ccc(N2CCC(F)(C(=O)O)CC2)cc1. The molecule has 0 unspecified atom stereocenters. The molecule has 0 aromatic heterocycles. The number of anilines is 1. The van der Waals surface area contributed by atoms with Gasteiger partial charge in [0.1, 0.15) is 0 Å². The minimum Gasteiger partial charge on any atom is -0.479 e. The Labute approximate surface area is 99.9 Å². The molecule has 0 aliphatic carbocycles. The van der Waals surface area contributed by atoms with Crippen molar-refractivity contribution >= 4 is 11.7 Å². The first-order chi connectivity index (χ1) is 8.01. The van der Waals surface area contributed by atoms with Gasteiger partial charge in [-0.1, -0.05) is 17.7 Å². The number of aliphatic carboxylic acids is 1. The van der Waals surface area contributed by atoms with E-state index in [0.29, 0.717) is 13.1 Å². The van der Waals surface area contributed by atoms with E-state index in [1.54, 1.807) is 0 Å². The summed E-state index contributed by atoms with van der Waals surface area (Å²) in [5, 5.41) is 8.80. The zero-order valence-electron chi connectivity index (χ0n) is 9.82. The maximum atomic E-state index is 13.8. The third kappa shape index (κ3) is 2.40. The summed E-state index contributed by atoms with van der Waals surface area (Å²) in [6.45, 7) is 2.91. The Morgan fingerprint density at radius 3 is 2.29 bits per heavy atom. The van der Waals surface area contributed by atoms with Crippen LogP contribution < -0.4 is 4.90 Å². The van der Waals surface area contributed by atoms with E-state index in [-0.39, 0.29) is 12.8 Å². The van der Waals surface area contributed by atoms with Crippen molar-refractivity contribution in [2.45, 2.75) is 25.4 Å². The molecular formula is C13H16FNO2. The summed E-state index contributed by atoms with van der Waals surface area (Å²) < 4.78 is 13.8. The topological polar surface area (TPSA) is 40.5 Å². The lowest BCUT2D eigenvalue weighted by Gasteiger charge is -2.35. The van der Waals surface area contributed by atoms with Crippen LogP contribution in [0.15, 0.2) is 24.3 Å². The number of benzene rings is 1. The summed E-state index contributed by atoms with van der Waals surface area (Å²) in [7, 11) is 0. The van der Waals surface area contributed by atoms with Crippen molar-refractivity contribution in [3.8, 4) is 0 Å². The van der Waals surface area contributed by atoms with Crippen molar-refractivity contribution in [2.24, 2.45) is 0 Å². The smallest absolute Gasteiger partial charge is 0.341 e. The number of carboxylic acid groups (broad SMARTS) is 1. The number of piperidine rings is 1. The largest absolute Gasteiger partial charge is 0.479 e. The Balaban J connectivity index is 2.04. The monoisotopic (exact) mass is 237 g/mol. The first-order valence-electron chi connectivity index (χ1n) is 5.75. The fourth-order valence-corrected chi connectivity index (χ4v) is 2.09. The molecule has 0 radical (unpaired) electrons. The van der Waals surface area contributed by atoms with E-state index in [1.165, 1.54) is 5.56 Å². The summed E-state index contributed by atoms with van der Waals surface area (Å²) in [6.07, 6.45) is 0.104. The number of alkyl halides is 1. The highest BCUT2D eigenvalue weighted by Crippen LogP contribution is 2.29. The lowest BCUT2D eigenvalue weighted by molar-refractivity contribution is -0.152. The van der Waals surface area contributed by atoms with Gasteiger partial charge in [-0.2, -0.15) is 0 Å². The molecule has 1 aliphatic rings. The predicted molar refractivity (Wildman–Crippen MR) is 64.1 cm³/mol. The quantitative estimate of drug-likeness (QED) is 0.858. The van der Waals surface area contributed by atoms with Gasteiger partial charge in [0.05, 0.1) is 0 Å². The first kappa shape index (κ1) is 11.9. The molecule has 0 bridgehead atoms. The number of carboxylic acids is 1. The van der Waals surface area contributed by atoms with Gasteiger partial charge in [0.2, 0.25) is 5.67 Å². The normalized spacial score (nSPS) is 19.1. The molecule has 0 amide bonds. The van der Waals surface area contributed by atoms with Crippen LogP contribution in [0.2, 0.25) is 0 Å². The lowest BCUT2D eigenvalue weighted by Crippen LogP contribution is -2.46. The molecule has 1 heterocycles. The van der Waals surface area contributed by atoms with Gasteiger partial charge in [0.15, 0.2) is 0 Å². The van der Waals surface area contributed by atoms with Crippen LogP contribution in [0.1, 0.15) is 18.4 Å². The van der Waals surface area contributed by atoms with Crippen LogP contribution >= 0.6 is 0 Å². The zero-order valence-corrected chi connectivity index (χ0v) is 9.82. The van der Waals surface area contributed by atoms with Crippen LogP contribution in [0.25, 0.3) is 0 Å². The Hall–Kier alpha value is -1.58. The van der Waals surface area contributed by atoms with Crippen molar-refractivity contribution < 1.29 is 14.3 Å². The second-order valence-corrected chi connectivity index (χ2v) is 4.59. The van der Waals surface area contributed by atoms with E-state index in [2.05, 4.69) is 0 Å². The molecule has 0 spiro atoms. The molecule has 0 saturated carbocycles. The Bertz CT molecular complexity index is 408. The maximum Gasteiger partial charge on any atom is 0.341 e. The molecule has 1 aliphatic heterocycles. The summed E-state index contributed by atoms with van der Waals surface area (Å²) in [4.78, 5) is 12.8. The second kappa shape index (κ2) is 4.35. The molecule has 0 atom stereocenters. The molecule has 1 fully saturated rings. The van der Waals surface area contributed by atoms with E-state index in [4.69, 9.17) is 5.11 Å². The van der Waals surface area contributed by atoms with E-state index >= 15 is 0 Å².